The summed E-state index contributed by atoms with van der Waals surface area (Å²) in [6, 6.07) is 0.407. The van der Waals surface area contributed by atoms with Gasteiger partial charge in [-0.15, -0.1) is 0 Å². The first-order chi connectivity index (χ1) is 6.61. The Morgan fingerprint density at radius 2 is 2.07 bits per heavy atom. The summed E-state index contributed by atoms with van der Waals surface area (Å²) >= 11 is 0. The Morgan fingerprint density at radius 1 is 1.36 bits per heavy atom. The average Bonchev–Trinajstić information content (AvgIpc) is 2.58. The van der Waals surface area contributed by atoms with Gasteiger partial charge in [0.05, 0.1) is 6.04 Å². The summed E-state index contributed by atoms with van der Waals surface area (Å²) < 4.78 is 0. The largest absolute Gasteiger partial charge is 0.328 e. The van der Waals surface area contributed by atoms with Gasteiger partial charge in [-0.2, -0.15) is 0 Å². The van der Waals surface area contributed by atoms with Crippen LogP contribution in [0.15, 0.2) is 0 Å². The normalized spacial score (nSPS) is 35.9. The zero-order valence-electron chi connectivity index (χ0n) is 8.62. The fourth-order valence-corrected chi connectivity index (χ4v) is 2.73. The van der Waals surface area contributed by atoms with Crippen LogP contribution < -0.4 is 5.32 Å². The number of likely N-dealkylation sites (tertiary alicyclic amines) is 1. The van der Waals surface area contributed by atoms with E-state index >= 15 is 0 Å². The van der Waals surface area contributed by atoms with Gasteiger partial charge in [-0.1, -0.05) is 0 Å². The first-order valence-electron chi connectivity index (χ1n) is 5.14. The van der Waals surface area contributed by atoms with Gasteiger partial charge in [-0.25, -0.2) is 0 Å². The molecule has 0 aromatic carbocycles. The van der Waals surface area contributed by atoms with Gasteiger partial charge in [0.25, 0.3) is 0 Å². The molecular weight excluding hydrogens is 180 g/mol. The highest BCUT2D eigenvalue weighted by molar-refractivity contribution is 5.87. The maximum atomic E-state index is 11.4. The van der Waals surface area contributed by atoms with Crippen LogP contribution in [-0.4, -0.2) is 41.3 Å². The summed E-state index contributed by atoms with van der Waals surface area (Å²) in [6.07, 6.45) is 1.77. The van der Waals surface area contributed by atoms with Crippen LogP contribution in [0.4, 0.5) is 0 Å². The smallest absolute Gasteiger partial charge is 0.220 e. The number of hydrogen-bond acceptors (Lipinski definition) is 3. The predicted molar refractivity (Wildman–Crippen MR) is 51.8 cm³/mol. The lowest BCUT2D eigenvalue weighted by Gasteiger charge is -2.26. The van der Waals surface area contributed by atoms with E-state index in [0.717, 1.165) is 19.4 Å². The van der Waals surface area contributed by atoms with Crippen LogP contribution in [0.3, 0.4) is 0 Å². The van der Waals surface area contributed by atoms with Crippen molar-refractivity contribution >= 4 is 11.7 Å². The van der Waals surface area contributed by atoms with Crippen LogP contribution in [0.5, 0.6) is 0 Å². The fourth-order valence-electron chi connectivity index (χ4n) is 2.73. The Morgan fingerprint density at radius 3 is 2.64 bits per heavy atom. The summed E-state index contributed by atoms with van der Waals surface area (Å²) in [7, 11) is 0. The van der Waals surface area contributed by atoms with Crippen molar-refractivity contribution in [1.29, 1.82) is 0 Å². The summed E-state index contributed by atoms with van der Waals surface area (Å²) in [5.41, 5.74) is 0. The van der Waals surface area contributed by atoms with Crippen molar-refractivity contribution in [3.63, 3.8) is 0 Å². The molecule has 2 heterocycles. The Kier molecular flexibility index (Phi) is 2.31. The van der Waals surface area contributed by atoms with Gasteiger partial charge >= 0.3 is 0 Å². The molecule has 2 saturated heterocycles. The van der Waals surface area contributed by atoms with E-state index in [1.807, 2.05) is 0 Å². The topological polar surface area (TPSA) is 49.4 Å². The van der Waals surface area contributed by atoms with Gasteiger partial charge in [0.15, 0.2) is 5.78 Å². The molecule has 14 heavy (non-hydrogen) atoms. The second-order valence-corrected chi connectivity index (χ2v) is 4.21. The Labute approximate surface area is 83.6 Å². The third-order valence-electron chi connectivity index (χ3n) is 3.31. The summed E-state index contributed by atoms with van der Waals surface area (Å²) in [4.78, 5) is 24.6. The highest BCUT2D eigenvalue weighted by Crippen LogP contribution is 2.30. The molecule has 0 aliphatic carbocycles. The van der Waals surface area contributed by atoms with Gasteiger partial charge in [-0.3, -0.25) is 9.59 Å². The van der Waals surface area contributed by atoms with Gasteiger partial charge in [0, 0.05) is 19.0 Å². The number of amides is 1. The van der Waals surface area contributed by atoms with Gasteiger partial charge < -0.3 is 10.2 Å². The SMILES string of the molecule is CC(=O)C1CC2NCCC2N1C(C)=O. The second kappa shape index (κ2) is 3.35. The minimum absolute atomic E-state index is 0.0291. The number of carbonyl (C=O) groups excluding carboxylic acids is 2. The molecule has 2 fully saturated rings. The minimum atomic E-state index is -0.185. The molecule has 0 aromatic rings. The van der Waals surface area contributed by atoms with Crippen molar-refractivity contribution < 1.29 is 9.59 Å². The van der Waals surface area contributed by atoms with Gasteiger partial charge in [-0.05, 0) is 26.3 Å². The van der Waals surface area contributed by atoms with Crippen LogP contribution in [0, 0.1) is 0 Å². The van der Waals surface area contributed by atoms with E-state index in [-0.39, 0.29) is 23.8 Å². The molecule has 0 bridgehead atoms. The molecule has 0 aromatic heterocycles. The van der Waals surface area contributed by atoms with Crippen LogP contribution in [0.2, 0.25) is 0 Å². The van der Waals surface area contributed by atoms with Gasteiger partial charge in [0.1, 0.15) is 0 Å². The van der Waals surface area contributed by atoms with Gasteiger partial charge in [0.2, 0.25) is 5.91 Å². The molecule has 78 valence electrons. The molecule has 2 rings (SSSR count). The number of fused-ring (bicyclic) bond motifs is 1. The molecule has 4 heteroatoms. The number of Topliss-reactive ketones (excluding diaryl/α,β-unsaturated/α-hetero) is 1. The molecule has 1 amide bonds. The van der Waals surface area contributed by atoms with E-state index in [2.05, 4.69) is 5.32 Å². The molecule has 3 atom stereocenters. The molecule has 4 nitrogen and oxygen atoms in total. The molecule has 0 spiro atoms. The molecule has 1 N–H and O–H groups in total. The first-order valence-corrected chi connectivity index (χ1v) is 5.14. The maximum absolute atomic E-state index is 11.4. The lowest BCUT2D eigenvalue weighted by molar-refractivity contribution is -0.137. The van der Waals surface area contributed by atoms with E-state index < -0.39 is 0 Å². The van der Waals surface area contributed by atoms with E-state index in [4.69, 9.17) is 0 Å². The maximum Gasteiger partial charge on any atom is 0.220 e. The highest BCUT2D eigenvalue weighted by atomic mass is 16.2. The first kappa shape index (κ1) is 9.65. The second-order valence-electron chi connectivity index (χ2n) is 4.21. The van der Waals surface area contributed by atoms with Crippen molar-refractivity contribution in [2.75, 3.05) is 6.54 Å². The molecule has 0 saturated carbocycles. The van der Waals surface area contributed by atoms with Crippen LogP contribution in [-0.2, 0) is 9.59 Å². The number of rotatable bonds is 1. The van der Waals surface area contributed by atoms with Crippen molar-refractivity contribution in [3.05, 3.63) is 0 Å². The number of ketones is 1. The minimum Gasteiger partial charge on any atom is -0.328 e. The summed E-state index contributed by atoms with van der Waals surface area (Å²) in [6.45, 7) is 4.09. The predicted octanol–water partition coefficient (Wildman–Crippen LogP) is -0.0733. The summed E-state index contributed by atoms with van der Waals surface area (Å²) in [5, 5.41) is 3.34. The monoisotopic (exact) mass is 196 g/mol. The quantitative estimate of drug-likeness (QED) is 0.638. The number of carbonyl (C=O) groups is 2. The molecule has 2 aliphatic rings. The fraction of sp³-hybridized carbons (Fsp3) is 0.800. The molecular formula is C10H16N2O2. The zero-order valence-corrected chi connectivity index (χ0v) is 8.62. The summed E-state index contributed by atoms with van der Waals surface area (Å²) in [5.74, 6) is 0.137. The standard InChI is InChI=1S/C10H16N2O2/c1-6(13)10-5-8-9(3-4-11-8)12(10)7(2)14/h8-11H,3-5H2,1-2H3. The Hall–Kier alpha value is -0.900. The van der Waals surface area contributed by atoms with Crippen LogP contribution in [0.1, 0.15) is 26.7 Å². The van der Waals surface area contributed by atoms with E-state index in [0.29, 0.717) is 6.04 Å². The number of nitrogens with zero attached hydrogens (tertiary/aromatic N) is 1. The lowest BCUT2D eigenvalue weighted by Crippen LogP contribution is -2.43. The van der Waals surface area contributed by atoms with E-state index in [9.17, 15) is 9.59 Å². The van der Waals surface area contributed by atoms with E-state index in [1.165, 1.54) is 0 Å². The lowest BCUT2D eigenvalue weighted by atomic mass is 10.1. The Bertz CT molecular complexity index is 277. The average molecular weight is 196 g/mol. The van der Waals surface area contributed by atoms with Crippen molar-refractivity contribution in [3.8, 4) is 0 Å². The number of hydrogen-bond donors (Lipinski definition) is 1. The third-order valence-corrected chi connectivity index (χ3v) is 3.31. The number of nitrogens with one attached hydrogen (secondary N) is 1. The van der Waals surface area contributed by atoms with Crippen molar-refractivity contribution in [2.24, 2.45) is 0 Å². The zero-order chi connectivity index (χ0) is 10.3. The van der Waals surface area contributed by atoms with Crippen LogP contribution in [0.25, 0.3) is 0 Å². The molecule has 2 aliphatic heterocycles. The van der Waals surface area contributed by atoms with Crippen molar-refractivity contribution in [1.82, 2.24) is 10.2 Å². The van der Waals surface area contributed by atoms with E-state index in [1.54, 1.807) is 18.7 Å². The molecule has 3 unspecified atom stereocenters. The van der Waals surface area contributed by atoms with Crippen molar-refractivity contribution in [2.45, 2.75) is 44.8 Å². The Balaban J connectivity index is 2.21. The third kappa shape index (κ3) is 1.34. The highest BCUT2D eigenvalue weighted by Gasteiger charge is 2.46. The van der Waals surface area contributed by atoms with Crippen LogP contribution >= 0.6 is 0 Å². The molecule has 0 radical (unpaired) electrons.